The van der Waals surface area contributed by atoms with Crippen molar-refractivity contribution in [1.29, 1.82) is 0 Å². The summed E-state index contributed by atoms with van der Waals surface area (Å²) in [6, 6.07) is 5.19. The van der Waals surface area contributed by atoms with Gasteiger partial charge >= 0.3 is 12.2 Å². The number of amides is 2. The van der Waals surface area contributed by atoms with Crippen LogP contribution in [0.25, 0.3) is 0 Å². The number of nitrogens with one attached hydrogen (secondary N) is 2. The zero-order valence-electron chi connectivity index (χ0n) is 19.0. The first-order valence-corrected chi connectivity index (χ1v) is 11.3. The highest BCUT2D eigenvalue weighted by Gasteiger charge is 2.42. The van der Waals surface area contributed by atoms with Gasteiger partial charge in [-0.15, -0.1) is 0 Å². The van der Waals surface area contributed by atoms with Crippen LogP contribution in [-0.2, 0) is 6.42 Å². The molecule has 0 spiro atoms. The van der Waals surface area contributed by atoms with E-state index in [1.54, 1.807) is 0 Å². The van der Waals surface area contributed by atoms with Gasteiger partial charge in [0.15, 0.2) is 6.10 Å². The number of fused-ring (bicyclic) bond motifs is 1. The van der Waals surface area contributed by atoms with E-state index < -0.39 is 41.8 Å². The van der Waals surface area contributed by atoms with E-state index in [1.807, 2.05) is 4.90 Å². The number of aliphatic hydroxyl groups excluding tert-OH is 2. The van der Waals surface area contributed by atoms with Crippen molar-refractivity contribution in [3.05, 3.63) is 52.8 Å². The number of alkyl halides is 3. The maximum absolute atomic E-state index is 13.5. The van der Waals surface area contributed by atoms with Crippen molar-refractivity contribution in [1.82, 2.24) is 5.32 Å². The Bertz CT molecular complexity index is 1090. The molecule has 2 aromatic carbocycles. The van der Waals surface area contributed by atoms with Gasteiger partial charge in [0.2, 0.25) is 0 Å². The number of hydrogen-bond acceptors (Lipinski definition) is 5. The number of carbonyl (C=O) groups excluding carboxylic acids is 1. The highest BCUT2D eigenvalue weighted by atomic mass is 19.4. The molecule has 2 aromatic rings. The number of benzene rings is 2. The molecule has 35 heavy (non-hydrogen) atoms. The minimum atomic E-state index is -4.94. The number of ether oxygens (including phenoxy) is 1. The summed E-state index contributed by atoms with van der Waals surface area (Å²) in [7, 11) is 1.15. The Morgan fingerprint density at radius 3 is 2.54 bits per heavy atom. The van der Waals surface area contributed by atoms with Gasteiger partial charge in [0.1, 0.15) is 11.6 Å². The predicted molar refractivity (Wildman–Crippen MR) is 121 cm³/mol. The minimum absolute atomic E-state index is 0.0533. The number of methoxy groups -OCH3 is 1. The summed E-state index contributed by atoms with van der Waals surface area (Å²) >= 11 is 0. The largest absolute Gasteiger partial charge is 0.494 e. The van der Waals surface area contributed by atoms with E-state index in [9.17, 15) is 32.6 Å². The number of carbonyl (C=O) groups is 1. The third-order valence-electron chi connectivity index (χ3n) is 6.44. The van der Waals surface area contributed by atoms with E-state index in [0.717, 1.165) is 26.4 Å². The maximum atomic E-state index is 13.5. The van der Waals surface area contributed by atoms with Gasteiger partial charge in [-0.05, 0) is 61.1 Å². The molecule has 0 bridgehead atoms. The van der Waals surface area contributed by atoms with Gasteiger partial charge in [0.25, 0.3) is 0 Å². The zero-order valence-corrected chi connectivity index (χ0v) is 19.0. The predicted octanol–water partition coefficient (Wildman–Crippen LogP) is 4.20. The third-order valence-corrected chi connectivity index (χ3v) is 6.44. The molecule has 1 fully saturated rings. The van der Waals surface area contributed by atoms with Crippen molar-refractivity contribution in [2.45, 2.75) is 50.1 Å². The van der Waals surface area contributed by atoms with E-state index >= 15 is 0 Å². The van der Waals surface area contributed by atoms with E-state index in [0.29, 0.717) is 29.9 Å². The van der Waals surface area contributed by atoms with Crippen LogP contribution in [0, 0.1) is 5.82 Å². The van der Waals surface area contributed by atoms with Crippen LogP contribution in [0.1, 0.15) is 48.2 Å². The molecule has 0 aromatic heterocycles. The Morgan fingerprint density at radius 2 is 1.89 bits per heavy atom. The lowest BCUT2D eigenvalue weighted by molar-refractivity contribution is -0.207. The second-order valence-electron chi connectivity index (χ2n) is 8.80. The van der Waals surface area contributed by atoms with Crippen molar-refractivity contribution in [2.75, 3.05) is 30.4 Å². The molecule has 1 saturated heterocycles. The summed E-state index contributed by atoms with van der Waals surface area (Å²) in [6.45, 7) is 1.26. The van der Waals surface area contributed by atoms with Crippen molar-refractivity contribution in [3.8, 4) is 5.75 Å². The van der Waals surface area contributed by atoms with Crippen molar-refractivity contribution < 1.29 is 37.3 Å². The van der Waals surface area contributed by atoms with Crippen LogP contribution in [-0.4, -0.2) is 48.7 Å². The van der Waals surface area contributed by atoms with Gasteiger partial charge in [-0.1, -0.05) is 6.07 Å². The Kier molecular flexibility index (Phi) is 7.09. The van der Waals surface area contributed by atoms with Crippen LogP contribution in [0.2, 0.25) is 0 Å². The van der Waals surface area contributed by atoms with Gasteiger partial charge in [-0.3, -0.25) is 0 Å². The summed E-state index contributed by atoms with van der Waals surface area (Å²) < 4.78 is 59.0. The number of piperidine rings is 1. The average Bonchev–Trinajstić information content (AvgIpc) is 3.12. The summed E-state index contributed by atoms with van der Waals surface area (Å²) in [6.07, 6.45) is -5.90. The molecule has 3 atom stereocenters. The van der Waals surface area contributed by atoms with Gasteiger partial charge < -0.3 is 30.5 Å². The topological polar surface area (TPSA) is 94.1 Å². The van der Waals surface area contributed by atoms with Crippen LogP contribution in [0.5, 0.6) is 5.75 Å². The summed E-state index contributed by atoms with van der Waals surface area (Å²) in [5, 5.41) is 25.6. The van der Waals surface area contributed by atoms with Gasteiger partial charge in [-0.25, -0.2) is 9.18 Å². The van der Waals surface area contributed by atoms with Crippen LogP contribution < -0.4 is 20.3 Å². The number of anilines is 2. The zero-order chi connectivity index (χ0) is 25.3. The fourth-order valence-corrected chi connectivity index (χ4v) is 4.72. The molecule has 2 aliphatic rings. The van der Waals surface area contributed by atoms with Crippen molar-refractivity contribution in [3.63, 3.8) is 0 Å². The fourth-order valence-electron chi connectivity index (χ4n) is 4.72. The summed E-state index contributed by atoms with van der Waals surface area (Å²) in [5.41, 5.74) is 0.910. The van der Waals surface area contributed by atoms with Crippen molar-refractivity contribution in [2.24, 2.45) is 0 Å². The van der Waals surface area contributed by atoms with Crippen LogP contribution >= 0.6 is 0 Å². The lowest BCUT2D eigenvalue weighted by Gasteiger charge is -2.31. The average molecular weight is 497 g/mol. The maximum Gasteiger partial charge on any atom is 0.418 e. The van der Waals surface area contributed by atoms with Crippen LogP contribution in [0.4, 0.5) is 33.7 Å². The van der Waals surface area contributed by atoms with Crippen LogP contribution in [0.15, 0.2) is 30.3 Å². The quantitative estimate of drug-likeness (QED) is 0.465. The van der Waals surface area contributed by atoms with E-state index in [2.05, 4.69) is 10.6 Å². The van der Waals surface area contributed by atoms with Gasteiger partial charge in [0.05, 0.1) is 24.9 Å². The number of urea groups is 1. The molecule has 1 heterocycles. The molecule has 4 rings (SSSR count). The Balaban J connectivity index is 1.60. The first kappa shape index (κ1) is 25.1. The number of hydrogen-bond donors (Lipinski definition) is 4. The molecular formula is C24H27F4N3O4. The molecule has 3 unspecified atom stereocenters. The molecule has 1 aliphatic heterocycles. The Labute approximate surface area is 199 Å². The van der Waals surface area contributed by atoms with Crippen LogP contribution in [0.3, 0.4) is 0 Å². The van der Waals surface area contributed by atoms with Gasteiger partial charge in [-0.2, -0.15) is 13.2 Å². The highest BCUT2D eigenvalue weighted by Crippen LogP contribution is 2.43. The smallest absolute Gasteiger partial charge is 0.418 e. The second-order valence-corrected chi connectivity index (χ2v) is 8.80. The number of halogens is 4. The first-order chi connectivity index (χ1) is 16.6. The number of aliphatic hydroxyl groups is 2. The number of nitrogens with zero attached hydrogens (tertiary/aromatic N) is 1. The molecule has 4 N–H and O–H groups in total. The summed E-state index contributed by atoms with van der Waals surface area (Å²) in [4.78, 5) is 14.7. The van der Waals surface area contributed by atoms with Crippen molar-refractivity contribution >= 4 is 17.4 Å². The Morgan fingerprint density at radius 1 is 1.17 bits per heavy atom. The standard InChI is InChI=1S/C24H27F4N3O4/c1-35-21-17(22(33)24(26,27)28)11-15(31-7-3-2-4-8-31)12-19(21)30-23(34)29-18-9-13-5-6-14(25)10-16(13)20(18)32/h5-6,10-12,18,20,22,32-33H,2-4,7-9H2,1H3,(H2,29,30,34). The van der Waals surface area contributed by atoms with E-state index in [4.69, 9.17) is 4.74 Å². The molecule has 190 valence electrons. The van der Waals surface area contributed by atoms with Gasteiger partial charge in [0, 0.05) is 24.3 Å². The minimum Gasteiger partial charge on any atom is -0.494 e. The normalized spacial score (nSPS) is 20.8. The molecule has 11 heteroatoms. The lowest BCUT2D eigenvalue weighted by Crippen LogP contribution is -2.40. The monoisotopic (exact) mass is 497 g/mol. The first-order valence-electron chi connectivity index (χ1n) is 11.3. The lowest BCUT2D eigenvalue weighted by atomic mass is 10.0. The fraction of sp³-hybridized carbons (Fsp3) is 0.458. The number of rotatable bonds is 5. The molecule has 2 amide bonds. The molecule has 0 saturated carbocycles. The van der Waals surface area contributed by atoms with E-state index in [-0.39, 0.29) is 17.9 Å². The SMILES string of the molecule is COc1c(NC(=O)NC2Cc3ccc(F)cc3C2O)cc(N2CCCCC2)cc1C(O)C(F)(F)F. The molecular weight excluding hydrogens is 470 g/mol. The highest BCUT2D eigenvalue weighted by molar-refractivity contribution is 5.92. The molecule has 0 radical (unpaired) electrons. The molecule has 1 aliphatic carbocycles. The third kappa shape index (κ3) is 5.30. The Hall–Kier alpha value is -3.05. The molecule has 7 nitrogen and oxygen atoms in total. The van der Waals surface area contributed by atoms with E-state index in [1.165, 1.54) is 30.3 Å². The summed E-state index contributed by atoms with van der Waals surface area (Å²) in [5.74, 6) is -0.828. The second kappa shape index (κ2) is 9.90.